The highest BCUT2D eigenvalue weighted by Gasteiger charge is 2.13. The second kappa shape index (κ2) is 9.10. The van der Waals surface area contributed by atoms with Crippen LogP contribution < -0.4 is 20.3 Å². The van der Waals surface area contributed by atoms with Crippen LogP contribution in [0.4, 0.5) is 0 Å². The van der Waals surface area contributed by atoms with Gasteiger partial charge < -0.3 is 9.47 Å². The number of hydrogen-bond acceptors (Lipinski definition) is 4. The summed E-state index contributed by atoms with van der Waals surface area (Å²) in [6.45, 7) is 3.82. The van der Waals surface area contributed by atoms with Crippen LogP contribution in [0.2, 0.25) is 0 Å². The number of amides is 2. The molecular weight excluding hydrogens is 368 g/mol. The molecule has 2 amide bonds. The minimum atomic E-state index is -0.439. The van der Waals surface area contributed by atoms with E-state index in [0.29, 0.717) is 17.1 Å². The highest BCUT2D eigenvalue weighted by Crippen LogP contribution is 2.28. The van der Waals surface area contributed by atoms with Gasteiger partial charge in [0.2, 0.25) is 5.91 Å². The van der Waals surface area contributed by atoms with Crippen molar-refractivity contribution in [1.82, 2.24) is 10.9 Å². The van der Waals surface area contributed by atoms with Gasteiger partial charge in [0.15, 0.2) is 11.5 Å². The lowest BCUT2D eigenvalue weighted by Gasteiger charge is -2.14. The van der Waals surface area contributed by atoms with E-state index in [2.05, 4.69) is 10.9 Å². The lowest BCUT2D eigenvalue weighted by molar-refractivity contribution is -0.121. The van der Waals surface area contributed by atoms with Gasteiger partial charge in [-0.3, -0.25) is 20.4 Å². The monoisotopic (exact) mass is 392 g/mol. The average Bonchev–Trinajstić information content (AvgIpc) is 2.71. The minimum Gasteiger partial charge on any atom is -0.493 e. The van der Waals surface area contributed by atoms with Crippen LogP contribution in [0.15, 0.2) is 60.7 Å². The molecule has 3 aromatic rings. The van der Waals surface area contributed by atoms with Crippen LogP contribution in [0.3, 0.4) is 0 Å². The van der Waals surface area contributed by atoms with Crippen molar-refractivity contribution in [3.05, 3.63) is 71.8 Å². The molecule has 0 aromatic heterocycles. The molecule has 0 heterocycles. The first-order chi connectivity index (χ1) is 14.0. The van der Waals surface area contributed by atoms with Gasteiger partial charge in [0.25, 0.3) is 5.91 Å². The Balaban J connectivity index is 1.59. The topological polar surface area (TPSA) is 76.7 Å². The lowest BCUT2D eigenvalue weighted by atomic mass is 10.1. The second-order valence-electron chi connectivity index (χ2n) is 6.89. The summed E-state index contributed by atoms with van der Waals surface area (Å²) < 4.78 is 10.9. The number of carbonyl (C=O) groups excluding carboxylic acids is 2. The molecule has 3 aromatic carbocycles. The zero-order valence-electron chi connectivity index (χ0n) is 16.7. The number of ether oxygens (including phenoxy) is 2. The van der Waals surface area contributed by atoms with Gasteiger partial charge in [0.05, 0.1) is 19.6 Å². The molecule has 0 atom stereocenters. The van der Waals surface area contributed by atoms with Crippen molar-refractivity contribution in [2.24, 2.45) is 0 Å². The first-order valence-corrected chi connectivity index (χ1v) is 9.38. The molecule has 6 heteroatoms. The molecular formula is C23H24N2O4. The molecule has 0 aliphatic rings. The van der Waals surface area contributed by atoms with Crippen LogP contribution in [0.1, 0.15) is 29.8 Å². The van der Waals surface area contributed by atoms with Crippen LogP contribution in [0, 0.1) is 0 Å². The van der Waals surface area contributed by atoms with Crippen molar-refractivity contribution >= 4 is 22.6 Å². The van der Waals surface area contributed by atoms with E-state index in [-0.39, 0.29) is 18.4 Å². The van der Waals surface area contributed by atoms with Gasteiger partial charge in [-0.15, -0.1) is 0 Å². The summed E-state index contributed by atoms with van der Waals surface area (Å²) in [7, 11) is 1.51. The molecule has 2 N–H and O–H groups in total. The van der Waals surface area contributed by atoms with Crippen molar-refractivity contribution < 1.29 is 19.1 Å². The largest absolute Gasteiger partial charge is 0.493 e. The number of nitrogens with one attached hydrogen (secondary N) is 2. The average molecular weight is 392 g/mol. The summed E-state index contributed by atoms with van der Waals surface area (Å²) in [4.78, 5) is 24.6. The van der Waals surface area contributed by atoms with Gasteiger partial charge in [-0.1, -0.05) is 42.5 Å². The fraction of sp³-hybridized carbons (Fsp3) is 0.217. The van der Waals surface area contributed by atoms with Crippen molar-refractivity contribution in [1.29, 1.82) is 0 Å². The highest BCUT2D eigenvalue weighted by atomic mass is 16.5. The third kappa shape index (κ3) is 5.25. The normalized spacial score (nSPS) is 10.6. The van der Waals surface area contributed by atoms with Crippen molar-refractivity contribution in [2.75, 3.05) is 7.11 Å². The molecule has 0 aliphatic heterocycles. The van der Waals surface area contributed by atoms with Gasteiger partial charge in [0.1, 0.15) is 0 Å². The first-order valence-electron chi connectivity index (χ1n) is 9.38. The predicted molar refractivity (Wildman–Crippen MR) is 112 cm³/mol. The third-order valence-corrected chi connectivity index (χ3v) is 4.28. The summed E-state index contributed by atoms with van der Waals surface area (Å²) in [5, 5.41) is 2.18. The Morgan fingerprint density at radius 1 is 0.897 bits per heavy atom. The van der Waals surface area contributed by atoms with Gasteiger partial charge in [0, 0.05) is 5.56 Å². The van der Waals surface area contributed by atoms with Crippen molar-refractivity contribution in [3.8, 4) is 11.5 Å². The van der Waals surface area contributed by atoms with E-state index < -0.39 is 5.91 Å². The van der Waals surface area contributed by atoms with Crippen LogP contribution >= 0.6 is 0 Å². The maximum atomic E-state index is 12.4. The fourth-order valence-electron chi connectivity index (χ4n) is 2.94. The van der Waals surface area contributed by atoms with E-state index in [1.54, 1.807) is 18.2 Å². The molecule has 3 rings (SSSR count). The van der Waals surface area contributed by atoms with E-state index >= 15 is 0 Å². The summed E-state index contributed by atoms with van der Waals surface area (Å²) in [6, 6.07) is 18.7. The number of fused-ring (bicyclic) bond motifs is 1. The molecule has 0 fully saturated rings. The molecule has 0 aliphatic carbocycles. The molecule has 6 nitrogen and oxygen atoms in total. The number of methoxy groups -OCH3 is 1. The Morgan fingerprint density at radius 2 is 1.66 bits per heavy atom. The van der Waals surface area contributed by atoms with Gasteiger partial charge in [-0.25, -0.2) is 0 Å². The molecule has 29 heavy (non-hydrogen) atoms. The quantitative estimate of drug-likeness (QED) is 0.628. The number of hydrazine groups is 1. The summed E-state index contributed by atoms with van der Waals surface area (Å²) in [5.74, 6) is 0.264. The fourth-order valence-corrected chi connectivity index (χ4v) is 2.94. The summed E-state index contributed by atoms with van der Waals surface area (Å²) in [5.41, 5.74) is 6.10. The lowest BCUT2D eigenvalue weighted by Crippen LogP contribution is -2.42. The van der Waals surface area contributed by atoms with Crippen LogP contribution in [0.5, 0.6) is 11.5 Å². The van der Waals surface area contributed by atoms with Crippen LogP contribution in [-0.2, 0) is 11.2 Å². The van der Waals surface area contributed by atoms with E-state index in [1.807, 2.05) is 56.3 Å². The zero-order chi connectivity index (χ0) is 20.8. The maximum Gasteiger partial charge on any atom is 0.269 e. The predicted octanol–water partition coefficient (Wildman–Crippen LogP) is 3.64. The maximum absolute atomic E-state index is 12.4. The molecule has 0 saturated carbocycles. The van der Waals surface area contributed by atoms with E-state index in [1.165, 1.54) is 7.11 Å². The molecule has 0 saturated heterocycles. The highest BCUT2D eigenvalue weighted by molar-refractivity contribution is 5.96. The van der Waals surface area contributed by atoms with E-state index in [9.17, 15) is 9.59 Å². The Labute approximate surface area is 169 Å². The molecule has 0 unspecified atom stereocenters. The smallest absolute Gasteiger partial charge is 0.269 e. The van der Waals surface area contributed by atoms with Crippen molar-refractivity contribution in [3.63, 3.8) is 0 Å². The minimum absolute atomic E-state index is 0.0158. The second-order valence-corrected chi connectivity index (χ2v) is 6.89. The summed E-state index contributed by atoms with van der Waals surface area (Å²) in [6.07, 6.45) is 0.147. The Morgan fingerprint density at radius 3 is 2.38 bits per heavy atom. The SMILES string of the molecule is COc1cc(C(=O)NNC(=O)Cc2ccc3ccccc3c2)ccc1OC(C)C. The molecule has 150 valence electrons. The number of benzene rings is 3. The van der Waals surface area contributed by atoms with Gasteiger partial charge in [-0.05, 0) is 48.4 Å². The van der Waals surface area contributed by atoms with E-state index in [4.69, 9.17) is 9.47 Å². The number of rotatable bonds is 6. The van der Waals surface area contributed by atoms with E-state index in [0.717, 1.165) is 16.3 Å². The first kappa shape index (κ1) is 20.2. The molecule has 0 bridgehead atoms. The Kier molecular flexibility index (Phi) is 6.34. The summed E-state index contributed by atoms with van der Waals surface area (Å²) >= 11 is 0. The molecule has 0 spiro atoms. The van der Waals surface area contributed by atoms with Gasteiger partial charge >= 0.3 is 0 Å². The number of carbonyl (C=O) groups is 2. The standard InChI is InChI=1S/C23H24N2O4/c1-15(2)29-20-11-10-19(14-21(20)28-3)23(27)25-24-22(26)13-16-8-9-17-6-4-5-7-18(17)12-16/h4-12,14-15H,13H2,1-3H3,(H,24,26)(H,25,27). The van der Waals surface area contributed by atoms with Crippen LogP contribution in [0.25, 0.3) is 10.8 Å². The Hall–Kier alpha value is -3.54. The molecule has 0 radical (unpaired) electrons. The van der Waals surface area contributed by atoms with Crippen LogP contribution in [-0.4, -0.2) is 25.0 Å². The number of hydrogen-bond donors (Lipinski definition) is 2. The van der Waals surface area contributed by atoms with Crippen molar-refractivity contribution in [2.45, 2.75) is 26.4 Å². The Bertz CT molecular complexity index is 1030. The third-order valence-electron chi connectivity index (χ3n) is 4.28. The zero-order valence-corrected chi connectivity index (χ0v) is 16.7. The van der Waals surface area contributed by atoms with Gasteiger partial charge in [-0.2, -0.15) is 0 Å².